The second-order valence-electron chi connectivity index (χ2n) is 6.25. The Labute approximate surface area is 168 Å². The summed E-state index contributed by atoms with van der Waals surface area (Å²) >= 11 is 6.02. The summed E-state index contributed by atoms with van der Waals surface area (Å²) in [5.41, 5.74) is 5.31. The summed E-state index contributed by atoms with van der Waals surface area (Å²) < 4.78 is 0. The average Bonchev–Trinajstić information content (AvgIpc) is 2.63. The van der Waals surface area contributed by atoms with Crippen LogP contribution in [-0.2, 0) is 14.4 Å². The Kier molecular flexibility index (Phi) is 7.28. The molecule has 0 spiro atoms. The smallest absolute Gasteiger partial charge is 0.325 e. The summed E-state index contributed by atoms with van der Waals surface area (Å²) in [5.74, 6) is -2.09. The largest absolute Gasteiger partial charge is 0.329 e. The van der Waals surface area contributed by atoms with Crippen LogP contribution in [0.2, 0.25) is 5.02 Å². The van der Waals surface area contributed by atoms with Crippen LogP contribution in [0.15, 0.2) is 47.6 Å². The van der Waals surface area contributed by atoms with E-state index in [4.69, 9.17) is 11.6 Å². The van der Waals surface area contributed by atoms with E-state index in [1.807, 2.05) is 13.0 Å². The molecule has 0 aliphatic rings. The highest BCUT2D eigenvalue weighted by molar-refractivity contribution is 6.39. The molecule has 0 unspecified atom stereocenters. The maximum Gasteiger partial charge on any atom is 0.329 e. The number of hydrogen-bond acceptors (Lipinski definition) is 4. The zero-order chi connectivity index (χ0) is 20.7. The Morgan fingerprint density at radius 2 is 1.71 bits per heavy atom. The number of carbonyl (C=O) groups is 3. The van der Waals surface area contributed by atoms with Crippen molar-refractivity contribution >= 4 is 46.4 Å². The third kappa shape index (κ3) is 6.21. The molecule has 3 amide bonds. The molecule has 0 saturated carbocycles. The molecule has 7 nitrogen and oxygen atoms in total. The van der Waals surface area contributed by atoms with Crippen LogP contribution >= 0.6 is 11.6 Å². The summed E-state index contributed by atoms with van der Waals surface area (Å²) in [6.07, 6.45) is -0.0499. The fraction of sp³-hybridized carbons (Fsp3) is 0.200. The molecule has 3 N–H and O–H groups in total. The predicted molar refractivity (Wildman–Crippen MR) is 110 cm³/mol. The van der Waals surface area contributed by atoms with Crippen molar-refractivity contribution in [1.82, 2.24) is 5.43 Å². The van der Waals surface area contributed by atoms with Gasteiger partial charge < -0.3 is 10.6 Å². The number of nitrogens with one attached hydrogen (secondary N) is 3. The van der Waals surface area contributed by atoms with Crippen LogP contribution < -0.4 is 16.1 Å². The van der Waals surface area contributed by atoms with Crippen LogP contribution in [0.5, 0.6) is 0 Å². The Balaban J connectivity index is 1.87. The molecule has 0 atom stereocenters. The number of anilines is 2. The van der Waals surface area contributed by atoms with Crippen LogP contribution in [0.3, 0.4) is 0 Å². The monoisotopic (exact) mass is 400 g/mol. The maximum absolute atomic E-state index is 12.1. The summed E-state index contributed by atoms with van der Waals surface area (Å²) in [6, 6.07) is 12.3. The fourth-order valence-electron chi connectivity index (χ4n) is 2.32. The van der Waals surface area contributed by atoms with Crippen molar-refractivity contribution in [3.8, 4) is 0 Å². The van der Waals surface area contributed by atoms with Crippen molar-refractivity contribution in [3.05, 3.63) is 58.6 Å². The lowest BCUT2D eigenvalue weighted by Crippen LogP contribution is -2.33. The Bertz CT molecular complexity index is 941. The molecule has 0 saturated heterocycles. The minimum atomic E-state index is -0.924. The second kappa shape index (κ2) is 9.66. The van der Waals surface area contributed by atoms with Crippen LogP contribution in [0.1, 0.15) is 24.5 Å². The van der Waals surface area contributed by atoms with E-state index in [0.717, 1.165) is 11.1 Å². The standard InChI is InChI=1S/C20H21ClN4O3/c1-12-6-4-7-15(10-12)22-19(27)20(28)25-24-13(2)11-18(26)23-17-9-5-8-16(21)14(17)3/h4-10H,11H2,1-3H3,(H,22,27)(H,23,26)(H,25,28)/b24-13+. The van der Waals surface area contributed by atoms with E-state index in [0.29, 0.717) is 22.1 Å². The molecular weight excluding hydrogens is 380 g/mol. The number of benzene rings is 2. The summed E-state index contributed by atoms with van der Waals surface area (Å²) in [4.78, 5) is 35.8. The van der Waals surface area contributed by atoms with Crippen molar-refractivity contribution < 1.29 is 14.4 Å². The first-order valence-electron chi connectivity index (χ1n) is 8.52. The van der Waals surface area contributed by atoms with E-state index in [2.05, 4.69) is 21.2 Å². The van der Waals surface area contributed by atoms with Crippen molar-refractivity contribution in [3.63, 3.8) is 0 Å². The first-order chi connectivity index (χ1) is 13.3. The topological polar surface area (TPSA) is 99.7 Å². The van der Waals surface area contributed by atoms with E-state index >= 15 is 0 Å². The van der Waals surface area contributed by atoms with E-state index in [9.17, 15) is 14.4 Å². The minimum Gasteiger partial charge on any atom is -0.325 e. The van der Waals surface area contributed by atoms with Gasteiger partial charge in [-0.15, -0.1) is 0 Å². The van der Waals surface area contributed by atoms with Gasteiger partial charge in [-0.05, 0) is 56.2 Å². The van der Waals surface area contributed by atoms with Gasteiger partial charge >= 0.3 is 11.8 Å². The molecule has 2 aromatic rings. The molecule has 2 rings (SSSR count). The van der Waals surface area contributed by atoms with Gasteiger partial charge in [0.2, 0.25) is 5.91 Å². The molecular formula is C20H21ClN4O3. The third-order valence-electron chi connectivity index (χ3n) is 3.79. The van der Waals surface area contributed by atoms with Crippen LogP contribution in [0.25, 0.3) is 0 Å². The Morgan fingerprint density at radius 1 is 1.00 bits per heavy atom. The van der Waals surface area contributed by atoms with Crippen molar-refractivity contribution in [2.75, 3.05) is 10.6 Å². The van der Waals surface area contributed by atoms with E-state index in [1.165, 1.54) is 0 Å². The summed E-state index contributed by atoms with van der Waals surface area (Å²) in [6.45, 7) is 5.24. The van der Waals surface area contributed by atoms with Gasteiger partial charge in [0.05, 0.1) is 6.42 Å². The highest BCUT2D eigenvalue weighted by Gasteiger charge is 2.14. The molecule has 0 radical (unpaired) electrons. The van der Waals surface area contributed by atoms with E-state index < -0.39 is 11.8 Å². The molecule has 146 valence electrons. The van der Waals surface area contributed by atoms with Crippen molar-refractivity contribution in [2.45, 2.75) is 27.2 Å². The first kappa shape index (κ1) is 21.1. The molecule has 0 aromatic heterocycles. The molecule has 0 heterocycles. The fourth-order valence-corrected chi connectivity index (χ4v) is 2.49. The predicted octanol–water partition coefficient (Wildman–Crippen LogP) is 3.42. The van der Waals surface area contributed by atoms with Gasteiger partial charge in [-0.2, -0.15) is 5.10 Å². The third-order valence-corrected chi connectivity index (χ3v) is 4.20. The first-order valence-corrected chi connectivity index (χ1v) is 8.90. The molecule has 0 aliphatic heterocycles. The number of amides is 3. The van der Waals surface area contributed by atoms with Gasteiger partial charge in [-0.25, -0.2) is 5.43 Å². The molecule has 28 heavy (non-hydrogen) atoms. The molecule has 0 aliphatic carbocycles. The lowest BCUT2D eigenvalue weighted by atomic mass is 10.2. The lowest BCUT2D eigenvalue weighted by molar-refractivity contribution is -0.136. The minimum absolute atomic E-state index is 0.0499. The number of nitrogens with zero attached hydrogens (tertiary/aromatic N) is 1. The van der Waals surface area contributed by atoms with E-state index in [-0.39, 0.29) is 12.3 Å². The van der Waals surface area contributed by atoms with Crippen LogP contribution in [-0.4, -0.2) is 23.4 Å². The van der Waals surface area contributed by atoms with Gasteiger partial charge in [0.15, 0.2) is 0 Å². The number of halogens is 1. The quantitative estimate of drug-likeness (QED) is 0.407. The molecule has 0 bridgehead atoms. The maximum atomic E-state index is 12.1. The average molecular weight is 401 g/mol. The van der Waals surface area contributed by atoms with Crippen molar-refractivity contribution in [2.24, 2.45) is 5.10 Å². The highest BCUT2D eigenvalue weighted by atomic mass is 35.5. The Hall–Kier alpha value is -3.19. The Morgan fingerprint density at radius 3 is 2.43 bits per heavy atom. The molecule has 2 aromatic carbocycles. The van der Waals surface area contributed by atoms with E-state index in [1.54, 1.807) is 50.2 Å². The normalized spacial score (nSPS) is 10.9. The van der Waals surface area contributed by atoms with Crippen molar-refractivity contribution in [1.29, 1.82) is 0 Å². The molecule has 8 heteroatoms. The van der Waals surface area contributed by atoms with Crippen LogP contribution in [0.4, 0.5) is 11.4 Å². The van der Waals surface area contributed by atoms with Crippen LogP contribution in [0, 0.1) is 13.8 Å². The zero-order valence-electron chi connectivity index (χ0n) is 15.8. The van der Waals surface area contributed by atoms with Gasteiger partial charge in [0.25, 0.3) is 0 Å². The molecule has 0 fully saturated rings. The zero-order valence-corrected chi connectivity index (χ0v) is 16.6. The number of hydrazone groups is 1. The van der Waals surface area contributed by atoms with Gasteiger partial charge in [0, 0.05) is 22.1 Å². The van der Waals surface area contributed by atoms with Gasteiger partial charge in [-0.1, -0.05) is 29.8 Å². The number of hydrogen-bond donors (Lipinski definition) is 3. The number of rotatable bonds is 5. The van der Waals surface area contributed by atoms with Gasteiger partial charge in [0.1, 0.15) is 0 Å². The lowest BCUT2D eigenvalue weighted by Gasteiger charge is -2.09. The van der Waals surface area contributed by atoms with Gasteiger partial charge in [-0.3, -0.25) is 14.4 Å². The number of carbonyl (C=O) groups excluding carboxylic acids is 3. The summed E-state index contributed by atoms with van der Waals surface area (Å²) in [7, 11) is 0. The highest BCUT2D eigenvalue weighted by Crippen LogP contribution is 2.22. The summed E-state index contributed by atoms with van der Waals surface area (Å²) in [5, 5.41) is 9.56. The SMILES string of the molecule is C/C(CC(=O)Nc1cccc(Cl)c1C)=N\NC(=O)C(=O)Nc1cccc(C)c1. The second-order valence-corrected chi connectivity index (χ2v) is 6.66. The number of aryl methyl sites for hydroxylation is 1.